The highest BCUT2D eigenvalue weighted by molar-refractivity contribution is 6.43. The molecule has 126 valence electrons. The number of carbonyl (C=O) groups is 1. The molecule has 2 aromatic rings. The van der Waals surface area contributed by atoms with Crippen LogP contribution in [0.2, 0.25) is 10.0 Å². The van der Waals surface area contributed by atoms with Crippen molar-refractivity contribution in [1.82, 2.24) is 10.2 Å². The average molecular weight is 363 g/mol. The molecule has 0 bridgehead atoms. The summed E-state index contributed by atoms with van der Waals surface area (Å²) in [5.41, 5.74) is 3.30. The van der Waals surface area contributed by atoms with Crippen LogP contribution in [0, 0.1) is 0 Å². The third-order valence-electron chi connectivity index (χ3n) is 4.34. The Bertz CT molecular complexity index is 733. The van der Waals surface area contributed by atoms with E-state index in [2.05, 4.69) is 34.5 Å². The summed E-state index contributed by atoms with van der Waals surface area (Å²) in [4.78, 5) is 14.6. The predicted molar refractivity (Wildman–Crippen MR) is 98.8 cm³/mol. The van der Waals surface area contributed by atoms with Gasteiger partial charge in [0, 0.05) is 26.2 Å². The topological polar surface area (TPSA) is 32.3 Å². The second-order valence-electron chi connectivity index (χ2n) is 6.01. The van der Waals surface area contributed by atoms with Gasteiger partial charge in [0.2, 0.25) is 0 Å². The second kappa shape index (κ2) is 8.02. The van der Waals surface area contributed by atoms with Crippen LogP contribution in [0.15, 0.2) is 42.5 Å². The maximum Gasteiger partial charge on any atom is 0.252 e. The van der Waals surface area contributed by atoms with E-state index in [1.54, 1.807) is 18.2 Å². The van der Waals surface area contributed by atoms with E-state index in [0.717, 1.165) is 32.5 Å². The third kappa shape index (κ3) is 4.10. The number of benzene rings is 2. The summed E-state index contributed by atoms with van der Waals surface area (Å²) in [6.07, 6.45) is 2.01. The number of hydrogen-bond donors (Lipinski definition) is 1. The minimum Gasteiger partial charge on any atom is -0.352 e. The molecule has 0 spiro atoms. The van der Waals surface area contributed by atoms with Crippen LogP contribution in [0.3, 0.4) is 0 Å². The number of hydrogen-bond acceptors (Lipinski definition) is 2. The van der Waals surface area contributed by atoms with Crippen LogP contribution in [0.5, 0.6) is 0 Å². The monoisotopic (exact) mass is 362 g/mol. The number of rotatable bonds is 5. The Morgan fingerprint density at radius 2 is 1.88 bits per heavy atom. The van der Waals surface area contributed by atoms with Gasteiger partial charge >= 0.3 is 0 Å². The summed E-state index contributed by atoms with van der Waals surface area (Å²) in [6.45, 7) is 3.66. The second-order valence-corrected chi connectivity index (χ2v) is 6.79. The van der Waals surface area contributed by atoms with Crippen molar-refractivity contribution in [3.63, 3.8) is 0 Å². The Balaban J connectivity index is 1.45. The molecule has 24 heavy (non-hydrogen) atoms. The molecule has 5 heteroatoms. The lowest BCUT2D eigenvalue weighted by Crippen LogP contribution is -2.33. The van der Waals surface area contributed by atoms with Crippen LogP contribution >= 0.6 is 23.2 Å². The summed E-state index contributed by atoms with van der Waals surface area (Å²) in [5, 5.41) is 3.63. The van der Waals surface area contributed by atoms with Crippen LogP contribution in [0.1, 0.15) is 27.9 Å². The van der Waals surface area contributed by atoms with Crippen molar-refractivity contribution >= 4 is 29.1 Å². The summed E-state index contributed by atoms with van der Waals surface area (Å²) < 4.78 is 0. The summed E-state index contributed by atoms with van der Waals surface area (Å²) in [5.74, 6) is -0.175. The van der Waals surface area contributed by atoms with E-state index in [9.17, 15) is 4.79 Å². The Hall–Kier alpha value is -1.55. The van der Waals surface area contributed by atoms with Crippen molar-refractivity contribution in [1.29, 1.82) is 0 Å². The minimum absolute atomic E-state index is 0.175. The van der Waals surface area contributed by atoms with E-state index >= 15 is 0 Å². The fraction of sp³-hybridized carbons (Fsp3) is 0.316. The van der Waals surface area contributed by atoms with Gasteiger partial charge in [0.25, 0.3) is 5.91 Å². The molecular weight excluding hydrogens is 343 g/mol. The van der Waals surface area contributed by atoms with E-state index in [1.807, 2.05) is 0 Å². The number of carbonyl (C=O) groups excluding carboxylic acids is 1. The molecule has 3 rings (SSSR count). The zero-order valence-corrected chi connectivity index (χ0v) is 14.9. The molecule has 0 aromatic heterocycles. The standard InChI is InChI=1S/C19H20Cl2N2O/c20-17-8-3-7-16(18(17)21)19(24)22-10-4-11-23-12-9-14-5-1-2-6-15(14)13-23/h1-3,5-8H,4,9-13H2,(H,22,24). The molecule has 1 N–H and O–H groups in total. The number of fused-ring (bicyclic) bond motifs is 1. The van der Waals surface area contributed by atoms with Crippen molar-refractivity contribution in [2.75, 3.05) is 19.6 Å². The first kappa shape index (κ1) is 17.3. The predicted octanol–water partition coefficient (Wildman–Crippen LogP) is 4.17. The molecule has 1 amide bonds. The minimum atomic E-state index is -0.175. The van der Waals surface area contributed by atoms with Gasteiger partial charge in [-0.05, 0) is 36.1 Å². The fourth-order valence-corrected chi connectivity index (χ4v) is 3.41. The van der Waals surface area contributed by atoms with E-state index in [4.69, 9.17) is 23.2 Å². The highest BCUT2D eigenvalue weighted by Gasteiger charge is 2.15. The van der Waals surface area contributed by atoms with Gasteiger partial charge in [-0.15, -0.1) is 0 Å². The largest absolute Gasteiger partial charge is 0.352 e. The maximum absolute atomic E-state index is 12.2. The maximum atomic E-state index is 12.2. The van der Waals surface area contributed by atoms with Crippen LogP contribution in [-0.4, -0.2) is 30.4 Å². The van der Waals surface area contributed by atoms with Gasteiger partial charge in [0.15, 0.2) is 0 Å². The average Bonchev–Trinajstić information content (AvgIpc) is 2.60. The molecule has 0 unspecified atom stereocenters. The first-order valence-corrected chi connectivity index (χ1v) is 8.92. The summed E-state index contributed by atoms with van der Waals surface area (Å²) >= 11 is 12.0. The molecule has 0 saturated carbocycles. The smallest absolute Gasteiger partial charge is 0.252 e. The molecule has 2 aromatic carbocycles. The zero-order chi connectivity index (χ0) is 16.9. The van der Waals surface area contributed by atoms with Gasteiger partial charge in [-0.1, -0.05) is 53.5 Å². The first-order chi connectivity index (χ1) is 11.6. The van der Waals surface area contributed by atoms with Gasteiger partial charge in [-0.3, -0.25) is 9.69 Å². The van der Waals surface area contributed by atoms with E-state index < -0.39 is 0 Å². The molecule has 0 aliphatic carbocycles. The Morgan fingerprint density at radius 1 is 1.08 bits per heavy atom. The molecule has 0 atom stereocenters. The van der Waals surface area contributed by atoms with Crippen LogP contribution in [0.4, 0.5) is 0 Å². The van der Waals surface area contributed by atoms with Gasteiger partial charge in [0.1, 0.15) is 0 Å². The number of nitrogens with one attached hydrogen (secondary N) is 1. The van der Waals surface area contributed by atoms with Gasteiger partial charge in [-0.2, -0.15) is 0 Å². The molecule has 0 fully saturated rings. The van der Waals surface area contributed by atoms with Crippen molar-refractivity contribution in [3.05, 3.63) is 69.2 Å². The highest BCUT2D eigenvalue weighted by Crippen LogP contribution is 2.25. The van der Waals surface area contributed by atoms with Crippen molar-refractivity contribution in [2.45, 2.75) is 19.4 Å². The molecule has 0 radical (unpaired) electrons. The fourth-order valence-electron chi connectivity index (χ4n) is 3.02. The summed E-state index contributed by atoms with van der Waals surface area (Å²) in [7, 11) is 0. The highest BCUT2D eigenvalue weighted by atomic mass is 35.5. The van der Waals surface area contributed by atoms with Crippen LogP contribution in [0.25, 0.3) is 0 Å². The van der Waals surface area contributed by atoms with E-state index in [-0.39, 0.29) is 5.91 Å². The lowest BCUT2D eigenvalue weighted by atomic mass is 10.00. The number of halogens is 2. The molecule has 1 aliphatic rings. The lowest BCUT2D eigenvalue weighted by Gasteiger charge is -2.28. The van der Waals surface area contributed by atoms with E-state index in [0.29, 0.717) is 22.2 Å². The number of nitrogens with zero attached hydrogens (tertiary/aromatic N) is 1. The van der Waals surface area contributed by atoms with Gasteiger partial charge in [0.05, 0.1) is 15.6 Å². The van der Waals surface area contributed by atoms with Crippen molar-refractivity contribution in [3.8, 4) is 0 Å². The van der Waals surface area contributed by atoms with Crippen LogP contribution in [-0.2, 0) is 13.0 Å². The molecule has 1 aliphatic heterocycles. The SMILES string of the molecule is O=C(NCCCN1CCc2ccccc2C1)c1cccc(Cl)c1Cl. The van der Waals surface area contributed by atoms with Gasteiger partial charge in [-0.25, -0.2) is 0 Å². The Kier molecular flexibility index (Phi) is 5.77. The Labute approximate surface area is 152 Å². The quantitative estimate of drug-likeness (QED) is 0.809. The van der Waals surface area contributed by atoms with Crippen molar-refractivity contribution in [2.24, 2.45) is 0 Å². The zero-order valence-electron chi connectivity index (χ0n) is 13.4. The van der Waals surface area contributed by atoms with E-state index in [1.165, 1.54) is 11.1 Å². The van der Waals surface area contributed by atoms with Crippen molar-refractivity contribution < 1.29 is 4.79 Å². The normalized spacial score (nSPS) is 14.2. The molecule has 0 saturated heterocycles. The Morgan fingerprint density at radius 3 is 2.71 bits per heavy atom. The third-order valence-corrected chi connectivity index (χ3v) is 5.16. The number of amides is 1. The lowest BCUT2D eigenvalue weighted by molar-refractivity contribution is 0.0951. The summed E-state index contributed by atoms with van der Waals surface area (Å²) in [6, 6.07) is 13.7. The molecular formula is C19H20Cl2N2O. The molecule has 1 heterocycles. The molecule has 3 nitrogen and oxygen atoms in total. The van der Waals surface area contributed by atoms with Crippen LogP contribution < -0.4 is 5.32 Å². The van der Waals surface area contributed by atoms with Gasteiger partial charge < -0.3 is 5.32 Å². The first-order valence-electron chi connectivity index (χ1n) is 8.16.